The molecule has 0 fully saturated rings. The number of benzene rings is 5. The molecule has 0 bridgehead atoms. The maximum Gasteiger partial charge on any atom is 0.149 e. The zero-order chi connectivity index (χ0) is 43.0. The van der Waals surface area contributed by atoms with Crippen molar-refractivity contribution in [3.8, 4) is 56.3 Å². The van der Waals surface area contributed by atoms with Gasteiger partial charge in [0, 0.05) is 17.3 Å². The normalized spacial score (nSPS) is 12.7. The first-order chi connectivity index (χ1) is 27.4. The highest BCUT2D eigenvalue weighted by Gasteiger charge is 2.27. The average molecular weight is 782 g/mol. The van der Waals surface area contributed by atoms with E-state index in [0.717, 1.165) is 55.8 Å². The van der Waals surface area contributed by atoms with Gasteiger partial charge in [0.25, 0.3) is 0 Å². The van der Waals surface area contributed by atoms with E-state index in [1.165, 1.54) is 33.4 Å². The third-order valence-corrected chi connectivity index (χ3v) is 11.8. The van der Waals surface area contributed by atoms with Crippen LogP contribution in [0.2, 0.25) is 0 Å². The Hall–Kier alpha value is -5.48. The minimum absolute atomic E-state index is 0.0116. The predicted octanol–water partition coefficient (Wildman–Crippen LogP) is 14.9. The smallest absolute Gasteiger partial charge is 0.149 e. The van der Waals surface area contributed by atoms with Gasteiger partial charge >= 0.3 is 0 Å². The number of para-hydroxylation sites is 1. The van der Waals surface area contributed by atoms with E-state index in [1.54, 1.807) is 6.07 Å². The number of imidazole rings is 1. The van der Waals surface area contributed by atoms with Crippen LogP contribution in [-0.4, -0.2) is 19.6 Å². The van der Waals surface area contributed by atoms with Crippen molar-refractivity contribution in [1.82, 2.24) is 14.5 Å². The lowest BCUT2D eigenvalue weighted by molar-refractivity contribution is 0.477. The largest absolute Gasteiger partial charge is 0.507 e. The van der Waals surface area contributed by atoms with E-state index in [-0.39, 0.29) is 27.4 Å². The molecule has 7 aromatic rings. The molecule has 0 spiro atoms. The number of fused-ring (bicyclic) bond motifs is 1. The Kier molecular flexibility index (Phi) is 10.4. The average Bonchev–Trinajstić information content (AvgIpc) is 3.51. The summed E-state index contributed by atoms with van der Waals surface area (Å²) in [7, 11) is 0. The monoisotopic (exact) mass is 781 g/mol. The summed E-state index contributed by atoms with van der Waals surface area (Å²) >= 11 is 0. The van der Waals surface area contributed by atoms with Gasteiger partial charge in [0.05, 0.1) is 28.0 Å². The highest BCUT2D eigenvalue weighted by Crippen LogP contribution is 2.43. The van der Waals surface area contributed by atoms with Gasteiger partial charge in [-0.3, -0.25) is 9.55 Å². The summed E-state index contributed by atoms with van der Waals surface area (Å²) < 4.78 is 2.28. The lowest BCUT2D eigenvalue weighted by Crippen LogP contribution is -2.16. The number of nitrogens with zero attached hydrogens (tertiary/aromatic N) is 3. The topological polar surface area (TPSA) is 50.9 Å². The van der Waals surface area contributed by atoms with Crippen LogP contribution in [0.4, 0.5) is 0 Å². The van der Waals surface area contributed by atoms with E-state index >= 15 is 0 Å². The van der Waals surface area contributed by atoms with Gasteiger partial charge in [-0.05, 0) is 141 Å². The van der Waals surface area contributed by atoms with Gasteiger partial charge in [0.2, 0.25) is 0 Å². The number of phenolic OH excluding ortho intramolecular Hbond substituents is 1. The van der Waals surface area contributed by atoms with Gasteiger partial charge < -0.3 is 5.11 Å². The van der Waals surface area contributed by atoms with E-state index in [0.29, 0.717) is 11.4 Å². The second-order valence-electron chi connectivity index (χ2n) is 21.0. The number of aromatic nitrogens is 3. The highest BCUT2D eigenvalue weighted by atomic mass is 16.3. The van der Waals surface area contributed by atoms with E-state index in [2.05, 4.69) is 181 Å². The number of aromatic hydroxyl groups is 1. The lowest BCUT2D eigenvalue weighted by atomic mass is 9.79. The maximum absolute atomic E-state index is 11.4. The fraction of sp³-hybridized carbons (Fsp3) is 0.345. The Bertz CT molecular complexity index is 2680. The summed E-state index contributed by atoms with van der Waals surface area (Å²) in [6.07, 6.45) is 1.96. The second-order valence-corrected chi connectivity index (χ2v) is 21.0. The number of hydrogen-bond acceptors (Lipinski definition) is 3. The number of aryl methyl sites for hydroxylation is 3. The zero-order valence-corrected chi connectivity index (χ0v) is 38.1. The van der Waals surface area contributed by atoms with Crippen molar-refractivity contribution in [2.24, 2.45) is 0 Å². The van der Waals surface area contributed by atoms with E-state index in [9.17, 15) is 5.11 Å². The van der Waals surface area contributed by atoms with Crippen LogP contribution in [0.15, 0.2) is 103 Å². The zero-order valence-electron chi connectivity index (χ0n) is 38.1. The van der Waals surface area contributed by atoms with E-state index in [1.807, 2.05) is 24.4 Å². The Morgan fingerprint density at radius 3 is 1.59 bits per heavy atom. The second kappa shape index (κ2) is 14.7. The fourth-order valence-electron chi connectivity index (χ4n) is 8.22. The number of rotatable bonds is 5. The molecule has 59 heavy (non-hydrogen) atoms. The molecular weight excluding hydrogens is 719 g/mol. The Morgan fingerprint density at radius 2 is 1.02 bits per heavy atom. The summed E-state index contributed by atoms with van der Waals surface area (Å²) in [4.78, 5) is 10.6. The van der Waals surface area contributed by atoms with Gasteiger partial charge in [0.1, 0.15) is 11.6 Å². The van der Waals surface area contributed by atoms with Crippen molar-refractivity contribution in [1.29, 1.82) is 0 Å². The van der Waals surface area contributed by atoms with Crippen molar-refractivity contribution < 1.29 is 5.11 Å². The van der Waals surface area contributed by atoms with Crippen LogP contribution in [0, 0.1) is 20.8 Å². The van der Waals surface area contributed by atoms with Crippen molar-refractivity contribution in [3.05, 3.63) is 142 Å². The standard InChI is InChI=1S/C55H63N3O/c1-33-22-34(2)50(35(3)23-33)58-47-32-43(55(13,14)15)31-45(49(47)57-51(58)44-18-16-17-19-48(44)59)38-24-39(28-40(27-38)52(4,5)6)46-29-36(20-21-56-46)37-25-41(53(7,8)9)30-42(26-37)54(10,11)12/h16-32,59H,1-15H3. The third kappa shape index (κ3) is 8.24. The molecule has 2 aromatic heterocycles. The van der Waals surface area contributed by atoms with E-state index in [4.69, 9.17) is 9.97 Å². The first-order valence-electron chi connectivity index (χ1n) is 21.1. The van der Waals surface area contributed by atoms with Crippen LogP contribution in [0.3, 0.4) is 0 Å². The molecule has 7 rings (SSSR count). The van der Waals surface area contributed by atoms with Gasteiger partial charge in [-0.1, -0.05) is 137 Å². The number of phenols is 1. The molecule has 304 valence electrons. The van der Waals surface area contributed by atoms with Gasteiger partial charge in [-0.2, -0.15) is 0 Å². The number of hydrogen-bond donors (Lipinski definition) is 1. The number of pyridine rings is 1. The molecular formula is C55H63N3O. The minimum Gasteiger partial charge on any atom is -0.507 e. The Morgan fingerprint density at radius 1 is 0.492 bits per heavy atom. The molecule has 4 nitrogen and oxygen atoms in total. The summed E-state index contributed by atoms with van der Waals surface area (Å²) in [5, 5.41) is 11.4. The molecule has 4 heteroatoms. The van der Waals surface area contributed by atoms with Crippen LogP contribution in [-0.2, 0) is 21.7 Å². The first kappa shape index (κ1) is 41.7. The van der Waals surface area contributed by atoms with Crippen molar-refractivity contribution in [3.63, 3.8) is 0 Å². The molecule has 0 amide bonds. The quantitative estimate of drug-likeness (QED) is 0.189. The Balaban J connectivity index is 1.53. The molecule has 0 aliphatic heterocycles. The molecule has 0 atom stereocenters. The molecule has 0 unspecified atom stereocenters. The molecule has 0 radical (unpaired) electrons. The van der Waals surface area contributed by atoms with Gasteiger partial charge in [-0.15, -0.1) is 0 Å². The fourth-order valence-corrected chi connectivity index (χ4v) is 8.22. The van der Waals surface area contributed by atoms with Crippen LogP contribution < -0.4 is 0 Å². The molecule has 2 heterocycles. The molecule has 0 aliphatic carbocycles. The summed E-state index contributed by atoms with van der Waals surface area (Å²) in [6.45, 7) is 33.9. The molecule has 0 aliphatic rings. The highest BCUT2D eigenvalue weighted by molar-refractivity contribution is 5.98. The van der Waals surface area contributed by atoms with Gasteiger partial charge in [-0.25, -0.2) is 4.98 Å². The molecule has 5 aromatic carbocycles. The van der Waals surface area contributed by atoms with Crippen LogP contribution in [0.25, 0.3) is 61.6 Å². The summed E-state index contributed by atoms with van der Waals surface area (Å²) in [5.41, 5.74) is 18.6. The summed E-state index contributed by atoms with van der Waals surface area (Å²) in [6, 6.07) is 35.1. The van der Waals surface area contributed by atoms with Crippen molar-refractivity contribution >= 4 is 11.0 Å². The van der Waals surface area contributed by atoms with Crippen molar-refractivity contribution in [2.75, 3.05) is 0 Å². The Labute approximate surface area is 353 Å². The SMILES string of the molecule is Cc1cc(C)c(-n2c(-c3ccccc3O)nc3c(-c4cc(-c5cc(-c6cc(C(C)(C)C)cc(C(C)(C)C)c6)ccn5)cc(C(C)(C)C)c4)cc(C(C)(C)C)cc32)c(C)c1. The van der Waals surface area contributed by atoms with E-state index < -0.39 is 0 Å². The predicted molar refractivity (Wildman–Crippen MR) is 251 cm³/mol. The maximum atomic E-state index is 11.4. The summed E-state index contributed by atoms with van der Waals surface area (Å²) in [5.74, 6) is 0.920. The molecule has 0 saturated heterocycles. The van der Waals surface area contributed by atoms with Gasteiger partial charge in [0.15, 0.2) is 0 Å². The molecule has 0 saturated carbocycles. The minimum atomic E-state index is -0.154. The van der Waals surface area contributed by atoms with Crippen LogP contribution >= 0.6 is 0 Å². The molecule has 1 N–H and O–H groups in total. The van der Waals surface area contributed by atoms with Crippen molar-refractivity contribution in [2.45, 2.75) is 126 Å². The lowest BCUT2D eigenvalue weighted by Gasteiger charge is -2.26. The van der Waals surface area contributed by atoms with Crippen LogP contribution in [0.1, 0.15) is 122 Å². The van der Waals surface area contributed by atoms with Crippen LogP contribution in [0.5, 0.6) is 5.75 Å². The third-order valence-electron chi connectivity index (χ3n) is 11.8. The first-order valence-corrected chi connectivity index (χ1v) is 21.1.